The van der Waals surface area contributed by atoms with E-state index in [0.29, 0.717) is 22.9 Å². The lowest BCUT2D eigenvalue weighted by Crippen LogP contribution is -2.42. The summed E-state index contributed by atoms with van der Waals surface area (Å²) >= 11 is 5.95. The average Bonchev–Trinajstić information content (AvgIpc) is 3.17. The Bertz CT molecular complexity index is 766. The van der Waals surface area contributed by atoms with E-state index in [-0.39, 0.29) is 24.1 Å². The van der Waals surface area contributed by atoms with Crippen LogP contribution in [-0.4, -0.2) is 50.7 Å². The topological polar surface area (TPSA) is 63.1 Å². The molecule has 2 aromatic rings. The van der Waals surface area contributed by atoms with Gasteiger partial charge in [-0.15, -0.1) is 17.5 Å². The second-order valence-corrected chi connectivity index (χ2v) is 7.29. The van der Waals surface area contributed by atoms with Gasteiger partial charge in [-0.05, 0) is 63.4 Å². The standard InChI is InChI=1S/C18H22ClN5O.ClH/c1-12-21-17(22-24(12)16-6-4-13(19)5-7-16)18(25)23(15-8-9-15)11-14-3-2-10-20-14;/h4-7,14-15,20H,2-3,8-11H2,1H3;1H. The van der Waals surface area contributed by atoms with E-state index in [9.17, 15) is 4.79 Å². The van der Waals surface area contributed by atoms with Gasteiger partial charge < -0.3 is 10.2 Å². The number of carbonyl (C=O) groups is 1. The first-order valence-corrected chi connectivity index (χ1v) is 9.23. The smallest absolute Gasteiger partial charge is 0.293 e. The summed E-state index contributed by atoms with van der Waals surface area (Å²) in [5.74, 6) is 0.907. The molecule has 1 aliphatic carbocycles. The second-order valence-electron chi connectivity index (χ2n) is 6.85. The van der Waals surface area contributed by atoms with Gasteiger partial charge in [0.25, 0.3) is 5.91 Å². The van der Waals surface area contributed by atoms with Crippen LogP contribution in [0.15, 0.2) is 24.3 Å². The molecule has 0 radical (unpaired) electrons. The minimum Gasteiger partial charge on any atom is -0.331 e. The Morgan fingerprint density at radius 1 is 1.31 bits per heavy atom. The molecule has 1 saturated heterocycles. The molecule has 1 saturated carbocycles. The molecule has 1 unspecified atom stereocenters. The number of aryl methyl sites for hydroxylation is 1. The highest BCUT2D eigenvalue weighted by atomic mass is 35.5. The lowest BCUT2D eigenvalue weighted by molar-refractivity contribution is 0.0716. The Balaban J connectivity index is 0.00000196. The number of benzene rings is 1. The van der Waals surface area contributed by atoms with E-state index in [2.05, 4.69) is 15.4 Å². The van der Waals surface area contributed by atoms with Crippen molar-refractivity contribution in [1.29, 1.82) is 0 Å². The minimum absolute atomic E-state index is 0. The summed E-state index contributed by atoms with van der Waals surface area (Å²) in [7, 11) is 0. The number of halogens is 2. The summed E-state index contributed by atoms with van der Waals surface area (Å²) in [6.07, 6.45) is 4.47. The van der Waals surface area contributed by atoms with Crippen LogP contribution in [-0.2, 0) is 0 Å². The molecule has 4 rings (SSSR count). The molecule has 6 nitrogen and oxygen atoms in total. The Labute approximate surface area is 164 Å². The van der Waals surface area contributed by atoms with Crippen molar-refractivity contribution >= 4 is 29.9 Å². The van der Waals surface area contributed by atoms with Crippen LogP contribution in [0.1, 0.15) is 42.1 Å². The van der Waals surface area contributed by atoms with E-state index < -0.39 is 0 Å². The largest absolute Gasteiger partial charge is 0.331 e. The zero-order valence-corrected chi connectivity index (χ0v) is 16.3. The molecular weight excluding hydrogens is 373 g/mol. The molecule has 1 aromatic heterocycles. The molecule has 8 heteroatoms. The fourth-order valence-corrected chi connectivity index (χ4v) is 3.50. The van der Waals surface area contributed by atoms with Gasteiger partial charge in [-0.25, -0.2) is 9.67 Å². The highest BCUT2D eigenvalue weighted by Gasteiger charge is 2.36. The first kappa shape index (κ1) is 19.1. The maximum atomic E-state index is 13.0. The van der Waals surface area contributed by atoms with E-state index >= 15 is 0 Å². The summed E-state index contributed by atoms with van der Waals surface area (Å²) in [4.78, 5) is 19.4. The highest BCUT2D eigenvalue weighted by molar-refractivity contribution is 6.30. The van der Waals surface area contributed by atoms with Crippen molar-refractivity contribution in [2.45, 2.75) is 44.7 Å². The molecule has 1 N–H and O–H groups in total. The van der Waals surface area contributed by atoms with Crippen LogP contribution in [0, 0.1) is 6.92 Å². The maximum absolute atomic E-state index is 13.0. The van der Waals surface area contributed by atoms with E-state index in [4.69, 9.17) is 11.6 Å². The molecular formula is C18H23Cl2N5O. The zero-order chi connectivity index (χ0) is 17.4. The summed E-state index contributed by atoms with van der Waals surface area (Å²) in [6, 6.07) is 8.10. The number of rotatable bonds is 5. The SMILES string of the molecule is Cc1nc(C(=O)N(CC2CCCN2)C2CC2)nn1-c1ccc(Cl)cc1.Cl. The summed E-state index contributed by atoms with van der Waals surface area (Å²) in [5.41, 5.74) is 0.851. The number of nitrogens with zero attached hydrogens (tertiary/aromatic N) is 4. The van der Waals surface area contributed by atoms with Crippen molar-refractivity contribution in [1.82, 2.24) is 25.0 Å². The molecule has 26 heavy (non-hydrogen) atoms. The van der Waals surface area contributed by atoms with E-state index in [0.717, 1.165) is 38.0 Å². The van der Waals surface area contributed by atoms with Gasteiger partial charge in [0.1, 0.15) is 5.82 Å². The van der Waals surface area contributed by atoms with Gasteiger partial charge >= 0.3 is 0 Å². The Kier molecular flexibility index (Phi) is 5.85. The number of carbonyl (C=O) groups excluding carboxylic acids is 1. The zero-order valence-electron chi connectivity index (χ0n) is 14.7. The van der Waals surface area contributed by atoms with E-state index in [1.807, 2.05) is 36.1 Å². The Morgan fingerprint density at radius 3 is 2.65 bits per heavy atom. The van der Waals surface area contributed by atoms with Crippen LogP contribution in [0.25, 0.3) is 5.69 Å². The number of hydrogen-bond acceptors (Lipinski definition) is 4. The molecule has 1 amide bonds. The molecule has 2 heterocycles. The molecule has 0 spiro atoms. The highest BCUT2D eigenvalue weighted by Crippen LogP contribution is 2.29. The number of nitrogens with one attached hydrogen (secondary N) is 1. The third kappa shape index (κ3) is 4.03. The predicted molar refractivity (Wildman–Crippen MR) is 103 cm³/mol. The fraction of sp³-hybridized carbons (Fsp3) is 0.500. The lowest BCUT2D eigenvalue weighted by atomic mass is 10.2. The average molecular weight is 396 g/mol. The predicted octanol–water partition coefficient (Wildman–Crippen LogP) is 3.01. The van der Waals surface area contributed by atoms with Crippen LogP contribution < -0.4 is 5.32 Å². The molecule has 1 aliphatic heterocycles. The van der Waals surface area contributed by atoms with Gasteiger partial charge in [-0.2, -0.15) is 0 Å². The molecule has 2 fully saturated rings. The van der Waals surface area contributed by atoms with Crippen molar-refractivity contribution in [3.63, 3.8) is 0 Å². The van der Waals surface area contributed by atoms with Crippen molar-refractivity contribution in [2.75, 3.05) is 13.1 Å². The fourth-order valence-electron chi connectivity index (χ4n) is 3.37. The molecule has 2 aliphatic rings. The van der Waals surface area contributed by atoms with Crippen molar-refractivity contribution in [2.24, 2.45) is 0 Å². The van der Waals surface area contributed by atoms with Crippen LogP contribution in [0.3, 0.4) is 0 Å². The number of hydrogen-bond donors (Lipinski definition) is 1. The third-order valence-electron chi connectivity index (χ3n) is 4.86. The summed E-state index contributed by atoms with van der Waals surface area (Å²) in [5, 5.41) is 8.61. The van der Waals surface area contributed by atoms with Gasteiger partial charge in [0.2, 0.25) is 5.82 Å². The Morgan fingerprint density at radius 2 is 2.04 bits per heavy atom. The van der Waals surface area contributed by atoms with Crippen LogP contribution in [0.2, 0.25) is 5.02 Å². The minimum atomic E-state index is -0.0630. The van der Waals surface area contributed by atoms with E-state index in [1.165, 1.54) is 6.42 Å². The molecule has 1 atom stereocenters. The molecule has 1 aromatic carbocycles. The third-order valence-corrected chi connectivity index (χ3v) is 5.11. The first-order valence-electron chi connectivity index (χ1n) is 8.86. The van der Waals surface area contributed by atoms with Gasteiger partial charge in [0, 0.05) is 23.7 Å². The quantitative estimate of drug-likeness (QED) is 0.844. The number of aromatic nitrogens is 3. The summed E-state index contributed by atoms with van der Waals surface area (Å²) < 4.78 is 1.70. The van der Waals surface area contributed by atoms with Gasteiger partial charge in [0.15, 0.2) is 0 Å². The summed E-state index contributed by atoms with van der Waals surface area (Å²) in [6.45, 7) is 3.65. The van der Waals surface area contributed by atoms with Gasteiger partial charge in [-0.3, -0.25) is 4.79 Å². The molecule has 0 bridgehead atoms. The Hall–Kier alpha value is -1.63. The van der Waals surface area contributed by atoms with Crippen LogP contribution in [0.4, 0.5) is 0 Å². The van der Waals surface area contributed by atoms with Crippen LogP contribution >= 0.6 is 24.0 Å². The monoisotopic (exact) mass is 395 g/mol. The van der Waals surface area contributed by atoms with Gasteiger partial charge in [-0.1, -0.05) is 11.6 Å². The van der Waals surface area contributed by atoms with Gasteiger partial charge in [0.05, 0.1) is 5.69 Å². The van der Waals surface area contributed by atoms with Crippen molar-refractivity contribution in [3.05, 3.63) is 40.9 Å². The molecule has 140 valence electrons. The normalized spacial score (nSPS) is 19.2. The number of amides is 1. The lowest BCUT2D eigenvalue weighted by Gasteiger charge is -2.24. The first-order chi connectivity index (χ1) is 12.1. The second kappa shape index (κ2) is 7.94. The van der Waals surface area contributed by atoms with Crippen molar-refractivity contribution < 1.29 is 4.79 Å². The van der Waals surface area contributed by atoms with Crippen LogP contribution in [0.5, 0.6) is 0 Å². The van der Waals surface area contributed by atoms with E-state index in [1.54, 1.807) is 4.68 Å². The maximum Gasteiger partial charge on any atom is 0.293 e. The van der Waals surface area contributed by atoms with Crippen molar-refractivity contribution in [3.8, 4) is 5.69 Å².